The van der Waals surface area contributed by atoms with Crippen molar-refractivity contribution >= 4 is 0 Å². The number of benzene rings is 3. The fraction of sp³-hybridized carbons (Fsp3) is 0.308. The van der Waals surface area contributed by atoms with Gasteiger partial charge in [0.05, 0.1) is 62.4 Å². The summed E-state index contributed by atoms with van der Waals surface area (Å²) in [6.45, 7) is 0. The predicted octanol–water partition coefficient (Wildman–Crippen LogP) is 5.21. The quantitative estimate of drug-likeness (QED) is 0.362. The van der Waals surface area contributed by atoms with E-state index in [9.17, 15) is 0 Å². The largest absolute Gasteiger partial charge is 0.496 e. The van der Waals surface area contributed by atoms with Crippen LogP contribution < -0.4 is 42.6 Å². The van der Waals surface area contributed by atoms with E-state index in [1.165, 1.54) is 28.4 Å². The third-order valence-electron chi connectivity index (χ3n) is 5.34. The van der Waals surface area contributed by atoms with Gasteiger partial charge in [-0.25, -0.2) is 0 Å². The van der Waals surface area contributed by atoms with Crippen LogP contribution >= 0.6 is 0 Å². The molecule has 3 rings (SSSR count). The number of hydrogen-bond acceptors (Lipinski definition) is 9. The van der Waals surface area contributed by atoms with Gasteiger partial charge in [-0.1, -0.05) is 0 Å². The van der Waals surface area contributed by atoms with E-state index in [1.54, 1.807) is 64.8 Å². The van der Waals surface area contributed by atoms with Gasteiger partial charge in [-0.05, 0) is 17.7 Å². The summed E-state index contributed by atoms with van der Waals surface area (Å²) in [6, 6.07) is 10.5. The molecule has 0 spiro atoms. The molecule has 0 amide bonds. The number of ether oxygens (including phenoxy) is 9. The highest BCUT2D eigenvalue weighted by molar-refractivity contribution is 5.81. The lowest BCUT2D eigenvalue weighted by Crippen LogP contribution is -2.00. The Morgan fingerprint density at radius 2 is 0.686 bits per heavy atom. The van der Waals surface area contributed by atoms with Crippen molar-refractivity contribution in [2.75, 3.05) is 56.9 Å². The molecule has 9 heteroatoms. The van der Waals surface area contributed by atoms with Crippen molar-refractivity contribution in [2.24, 2.45) is 0 Å². The predicted molar refractivity (Wildman–Crippen MR) is 131 cm³/mol. The molecule has 3 aromatic rings. The van der Waals surface area contributed by atoms with Gasteiger partial charge in [0.1, 0.15) is 23.0 Å². The van der Waals surface area contributed by atoms with Gasteiger partial charge in [0.2, 0.25) is 11.5 Å². The first-order chi connectivity index (χ1) is 17.0. The molecule has 0 radical (unpaired) electrons. The van der Waals surface area contributed by atoms with E-state index in [0.29, 0.717) is 63.1 Å². The minimum absolute atomic E-state index is 0.326. The molecule has 3 aromatic carbocycles. The first kappa shape index (κ1) is 25.5. The molecule has 9 nitrogen and oxygen atoms in total. The average molecular weight is 487 g/mol. The van der Waals surface area contributed by atoms with Crippen LogP contribution in [-0.4, -0.2) is 56.9 Å². The van der Waals surface area contributed by atoms with E-state index in [1.807, 2.05) is 0 Å². The van der Waals surface area contributed by atoms with Crippen LogP contribution in [0.5, 0.6) is 57.5 Å². The van der Waals surface area contributed by atoms with Gasteiger partial charge >= 0.3 is 0 Å². The van der Waals surface area contributed by atoms with Crippen LogP contribution in [0.25, 0.3) is 11.1 Å². The highest BCUT2D eigenvalue weighted by atomic mass is 16.6. The van der Waals surface area contributed by atoms with Gasteiger partial charge in [-0.3, -0.25) is 0 Å². The molecule has 0 unspecified atom stereocenters. The number of hydrogen-bond donors (Lipinski definition) is 0. The Morgan fingerprint density at radius 1 is 0.371 bits per heavy atom. The Labute approximate surface area is 204 Å². The summed E-state index contributed by atoms with van der Waals surface area (Å²) in [5, 5.41) is 0. The standard InChI is InChI=1S/C26H30O9/c1-27-16-11-18(29-3)24(19(12-16)30-4)15-9-20(31-5)25(21(10-15)32-6)35-26-22(33-7)13-17(28-2)14-23(26)34-8/h9-14H,1-8H3. The Hall–Kier alpha value is -4.14. The normalized spacial score (nSPS) is 10.3. The summed E-state index contributed by atoms with van der Waals surface area (Å²) >= 11 is 0. The van der Waals surface area contributed by atoms with Crippen molar-refractivity contribution < 1.29 is 42.6 Å². The summed E-state index contributed by atoms with van der Waals surface area (Å²) in [5.74, 6) is 4.54. The Balaban J connectivity index is 2.21. The lowest BCUT2D eigenvalue weighted by Gasteiger charge is -2.20. The zero-order valence-electron chi connectivity index (χ0n) is 21.1. The number of rotatable bonds is 11. The molecule has 188 valence electrons. The van der Waals surface area contributed by atoms with Gasteiger partial charge in [-0.15, -0.1) is 0 Å². The van der Waals surface area contributed by atoms with Crippen LogP contribution in [0.2, 0.25) is 0 Å². The summed E-state index contributed by atoms with van der Waals surface area (Å²) in [7, 11) is 12.4. The third kappa shape index (κ3) is 5.03. The maximum Gasteiger partial charge on any atom is 0.211 e. The second kappa shape index (κ2) is 11.3. The van der Waals surface area contributed by atoms with E-state index in [4.69, 9.17) is 42.6 Å². The molecule has 0 aliphatic rings. The van der Waals surface area contributed by atoms with Crippen LogP contribution in [0.3, 0.4) is 0 Å². The molecular weight excluding hydrogens is 456 g/mol. The summed E-state index contributed by atoms with van der Waals surface area (Å²) in [5.41, 5.74) is 1.41. The van der Waals surface area contributed by atoms with Crippen molar-refractivity contribution in [1.29, 1.82) is 0 Å². The summed E-state index contributed by atoms with van der Waals surface area (Å²) < 4.78 is 50.6. The molecule has 0 fully saturated rings. The Bertz CT molecular complexity index is 1100. The van der Waals surface area contributed by atoms with Gasteiger partial charge in [0.15, 0.2) is 23.0 Å². The van der Waals surface area contributed by atoms with Crippen molar-refractivity contribution in [3.05, 3.63) is 36.4 Å². The van der Waals surface area contributed by atoms with Crippen LogP contribution in [0.15, 0.2) is 36.4 Å². The van der Waals surface area contributed by atoms with E-state index in [2.05, 4.69) is 0 Å². The molecule has 0 N–H and O–H groups in total. The fourth-order valence-electron chi connectivity index (χ4n) is 3.59. The van der Waals surface area contributed by atoms with Crippen LogP contribution in [0.1, 0.15) is 0 Å². The Kier molecular flexibility index (Phi) is 8.25. The van der Waals surface area contributed by atoms with E-state index in [-0.39, 0.29) is 0 Å². The van der Waals surface area contributed by atoms with Gasteiger partial charge in [0, 0.05) is 24.3 Å². The molecule has 0 aromatic heterocycles. The zero-order chi connectivity index (χ0) is 25.5. The first-order valence-corrected chi connectivity index (χ1v) is 10.5. The second-order valence-electron chi connectivity index (χ2n) is 7.08. The molecule has 0 atom stereocenters. The van der Waals surface area contributed by atoms with Crippen molar-refractivity contribution in [3.8, 4) is 68.6 Å². The lowest BCUT2D eigenvalue weighted by molar-refractivity contribution is 0.313. The molecule has 0 saturated heterocycles. The smallest absolute Gasteiger partial charge is 0.211 e. The van der Waals surface area contributed by atoms with Gasteiger partial charge < -0.3 is 42.6 Å². The summed E-state index contributed by atoms with van der Waals surface area (Å²) in [6.07, 6.45) is 0. The maximum absolute atomic E-state index is 6.27. The van der Waals surface area contributed by atoms with Gasteiger partial charge in [-0.2, -0.15) is 0 Å². The average Bonchev–Trinajstić information content (AvgIpc) is 2.91. The second-order valence-corrected chi connectivity index (χ2v) is 7.08. The molecular formula is C26H30O9. The fourth-order valence-corrected chi connectivity index (χ4v) is 3.59. The van der Waals surface area contributed by atoms with Gasteiger partial charge in [0.25, 0.3) is 0 Å². The SMILES string of the molecule is COc1cc(OC)c(Oc2c(OC)cc(-c3c(OC)cc(OC)cc3OC)cc2OC)c(OC)c1. The molecule has 0 heterocycles. The van der Waals surface area contributed by atoms with Crippen LogP contribution in [0.4, 0.5) is 0 Å². The van der Waals surface area contributed by atoms with E-state index in [0.717, 1.165) is 5.56 Å². The molecule has 0 aliphatic heterocycles. The van der Waals surface area contributed by atoms with E-state index < -0.39 is 0 Å². The maximum atomic E-state index is 6.27. The third-order valence-corrected chi connectivity index (χ3v) is 5.34. The molecule has 0 saturated carbocycles. The van der Waals surface area contributed by atoms with Crippen LogP contribution in [-0.2, 0) is 0 Å². The van der Waals surface area contributed by atoms with Crippen molar-refractivity contribution in [1.82, 2.24) is 0 Å². The molecule has 0 bridgehead atoms. The summed E-state index contributed by atoms with van der Waals surface area (Å²) in [4.78, 5) is 0. The zero-order valence-corrected chi connectivity index (χ0v) is 21.1. The molecule has 0 aliphatic carbocycles. The van der Waals surface area contributed by atoms with Crippen LogP contribution in [0, 0.1) is 0 Å². The van der Waals surface area contributed by atoms with E-state index >= 15 is 0 Å². The monoisotopic (exact) mass is 486 g/mol. The minimum atomic E-state index is 0.326. The Morgan fingerprint density at radius 3 is 1.00 bits per heavy atom. The highest BCUT2D eigenvalue weighted by Crippen LogP contribution is 2.51. The minimum Gasteiger partial charge on any atom is -0.496 e. The van der Waals surface area contributed by atoms with Crippen molar-refractivity contribution in [3.63, 3.8) is 0 Å². The molecule has 35 heavy (non-hydrogen) atoms. The lowest BCUT2D eigenvalue weighted by atomic mass is 10.0. The topological polar surface area (TPSA) is 83.1 Å². The first-order valence-electron chi connectivity index (χ1n) is 10.5. The van der Waals surface area contributed by atoms with Crippen molar-refractivity contribution in [2.45, 2.75) is 0 Å². The highest BCUT2D eigenvalue weighted by Gasteiger charge is 2.24. The number of methoxy groups -OCH3 is 8.